The summed E-state index contributed by atoms with van der Waals surface area (Å²) >= 11 is 8.48. The van der Waals surface area contributed by atoms with Crippen LogP contribution in [-0.2, 0) is 6.54 Å². The number of aryl methyl sites for hydroxylation is 1. The minimum Gasteiger partial charge on any atom is -0.371 e. The Morgan fingerprint density at radius 1 is 1.08 bits per heavy atom. The second kappa shape index (κ2) is 6.93. The average molecular weight is 372 g/mol. The molecule has 2 aliphatic heterocycles. The molecule has 2 heterocycles. The third-order valence-electron chi connectivity index (χ3n) is 5.03. The molecule has 0 unspecified atom stereocenters. The normalized spacial score (nSPS) is 20.0. The van der Waals surface area contributed by atoms with Crippen molar-refractivity contribution in [1.82, 2.24) is 0 Å². The van der Waals surface area contributed by atoms with Crippen LogP contribution in [0.15, 0.2) is 47.5 Å². The molecular formula is C20H22ClN3S. The van der Waals surface area contributed by atoms with Crippen molar-refractivity contribution in [1.29, 1.82) is 0 Å². The van der Waals surface area contributed by atoms with E-state index in [4.69, 9.17) is 16.6 Å². The highest BCUT2D eigenvalue weighted by Gasteiger charge is 2.40. The van der Waals surface area contributed by atoms with E-state index in [1.165, 1.54) is 5.69 Å². The number of aliphatic imine (C=N–C) groups is 1. The number of amidine groups is 1. The Morgan fingerprint density at radius 2 is 1.84 bits per heavy atom. The van der Waals surface area contributed by atoms with Gasteiger partial charge < -0.3 is 10.6 Å². The number of rotatable bonds is 2. The van der Waals surface area contributed by atoms with Gasteiger partial charge in [0.15, 0.2) is 0 Å². The van der Waals surface area contributed by atoms with Crippen LogP contribution in [0.1, 0.15) is 24.0 Å². The number of benzene rings is 2. The van der Waals surface area contributed by atoms with E-state index in [-0.39, 0.29) is 5.54 Å². The van der Waals surface area contributed by atoms with E-state index in [9.17, 15) is 0 Å². The van der Waals surface area contributed by atoms with Crippen molar-refractivity contribution in [3.8, 4) is 0 Å². The maximum atomic E-state index is 6.46. The van der Waals surface area contributed by atoms with Crippen LogP contribution in [0.3, 0.4) is 0 Å². The fourth-order valence-electron chi connectivity index (χ4n) is 3.53. The van der Waals surface area contributed by atoms with Gasteiger partial charge in [-0.3, -0.25) is 4.99 Å². The molecule has 3 nitrogen and oxygen atoms in total. The lowest BCUT2D eigenvalue weighted by molar-refractivity contribution is 0.560. The summed E-state index contributed by atoms with van der Waals surface area (Å²) in [7, 11) is 0. The maximum absolute atomic E-state index is 6.46. The Bertz CT molecular complexity index is 812. The summed E-state index contributed by atoms with van der Waals surface area (Å²) in [5, 5.41) is 8.21. The Labute approximate surface area is 158 Å². The van der Waals surface area contributed by atoms with E-state index in [0.717, 1.165) is 52.0 Å². The highest BCUT2D eigenvalue weighted by Crippen LogP contribution is 2.38. The molecule has 130 valence electrons. The first kappa shape index (κ1) is 16.8. The summed E-state index contributed by atoms with van der Waals surface area (Å²) in [6.45, 7) is 2.64. The number of fused-ring (bicyclic) bond motifs is 1. The van der Waals surface area contributed by atoms with Gasteiger partial charge in [-0.2, -0.15) is 11.8 Å². The van der Waals surface area contributed by atoms with E-state index in [2.05, 4.69) is 41.0 Å². The van der Waals surface area contributed by atoms with Crippen molar-refractivity contribution in [3.63, 3.8) is 0 Å². The summed E-state index contributed by atoms with van der Waals surface area (Å²) in [4.78, 5) is 4.98. The Balaban J connectivity index is 1.68. The molecule has 0 amide bonds. The zero-order valence-electron chi connectivity index (χ0n) is 14.3. The summed E-state index contributed by atoms with van der Waals surface area (Å²) < 4.78 is 0. The SMILES string of the molecule is Cc1cccc(CN=C2Nc3ccccc3NC23CCSCC3)c1Cl. The molecule has 1 spiro atoms. The van der Waals surface area contributed by atoms with E-state index in [1.54, 1.807) is 0 Å². The first-order valence-electron chi connectivity index (χ1n) is 8.69. The van der Waals surface area contributed by atoms with Crippen molar-refractivity contribution >= 4 is 40.6 Å². The molecule has 5 heteroatoms. The molecular weight excluding hydrogens is 350 g/mol. The van der Waals surface area contributed by atoms with Gasteiger partial charge in [-0.05, 0) is 54.5 Å². The van der Waals surface area contributed by atoms with Crippen LogP contribution >= 0.6 is 23.4 Å². The van der Waals surface area contributed by atoms with Crippen LogP contribution in [0.2, 0.25) is 5.02 Å². The maximum Gasteiger partial charge on any atom is 0.127 e. The van der Waals surface area contributed by atoms with Gasteiger partial charge in [-0.1, -0.05) is 41.9 Å². The quantitative estimate of drug-likeness (QED) is 0.747. The van der Waals surface area contributed by atoms with Gasteiger partial charge in [0, 0.05) is 5.02 Å². The topological polar surface area (TPSA) is 36.4 Å². The molecule has 2 aromatic rings. The number of hydrogen-bond donors (Lipinski definition) is 2. The fraction of sp³-hybridized carbons (Fsp3) is 0.350. The Kier molecular flexibility index (Phi) is 4.65. The number of thioether (sulfide) groups is 1. The molecule has 2 N–H and O–H groups in total. The predicted octanol–water partition coefficient (Wildman–Crippen LogP) is 5.35. The largest absolute Gasteiger partial charge is 0.371 e. The third kappa shape index (κ3) is 3.25. The summed E-state index contributed by atoms with van der Waals surface area (Å²) in [6, 6.07) is 14.5. The predicted molar refractivity (Wildman–Crippen MR) is 110 cm³/mol. The Hall–Kier alpha value is -1.65. The third-order valence-corrected chi connectivity index (χ3v) is 6.56. The zero-order chi connectivity index (χ0) is 17.3. The van der Waals surface area contributed by atoms with Crippen LogP contribution in [0.4, 0.5) is 11.4 Å². The molecule has 25 heavy (non-hydrogen) atoms. The van der Waals surface area contributed by atoms with Crippen LogP contribution < -0.4 is 10.6 Å². The molecule has 2 aliphatic rings. The lowest BCUT2D eigenvalue weighted by atomic mass is 9.87. The molecule has 1 fully saturated rings. The van der Waals surface area contributed by atoms with Gasteiger partial charge in [0.25, 0.3) is 0 Å². The molecule has 2 aromatic carbocycles. The zero-order valence-corrected chi connectivity index (χ0v) is 15.9. The van der Waals surface area contributed by atoms with Crippen molar-refractivity contribution in [2.45, 2.75) is 31.8 Å². The van der Waals surface area contributed by atoms with Crippen LogP contribution in [0, 0.1) is 6.92 Å². The highest BCUT2D eigenvalue weighted by atomic mass is 35.5. The fourth-order valence-corrected chi connectivity index (χ4v) is 4.91. The molecule has 0 bridgehead atoms. The monoisotopic (exact) mass is 371 g/mol. The van der Waals surface area contributed by atoms with Gasteiger partial charge in [0.1, 0.15) is 5.84 Å². The summed E-state index contributed by atoms with van der Waals surface area (Å²) in [6.07, 6.45) is 2.17. The van der Waals surface area contributed by atoms with Gasteiger partial charge in [-0.25, -0.2) is 0 Å². The number of nitrogens with one attached hydrogen (secondary N) is 2. The Morgan fingerprint density at radius 3 is 2.64 bits per heavy atom. The van der Waals surface area contributed by atoms with Gasteiger partial charge >= 0.3 is 0 Å². The lowest BCUT2D eigenvalue weighted by Gasteiger charge is -2.43. The number of halogens is 1. The van der Waals surface area contributed by atoms with E-state index < -0.39 is 0 Å². The van der Waals surface area contributed by atoms with Crippen LogP contribution in [-0.4, -0.2) is 22.9 Å². The minimum absolute atomic E-state index is 0.0874. The second-order valence-electron chi connectivity index (χ2n) is 6.70. The lowest BCUT2D eigenvalue weighted by Crippen LogP contribution is -2.54. The number of nitrogens with zero attached hydrogens (tertiary/aromatic N) is 1. The van der Waals surface area contributed by atoms with E-state index in [1.807, 2.05) is 30.8 Å². The highest BCUT2D eigenvalue weighted by molar-refractivity contribution is 7.99. The van der Waals surface area contributed by atoms with Crippen molar-refractivity contribution in [2.24, 2.45) is 4.99 Å². The van der Waals surface area contributed by atoms with Crippen LogP contribution in [0.5, 0.6) is 0 Å². The first-order valence-corrected chi connectivity index (χ1v) is 10.2. The molecule has 0 aliphatic carbocycles. The second-order valence-corrected chi connectivity index (χ2v) is 8.31. The van der Waals surface area contributed by atoms with Crippen molar-refractivity contribution in [3.05, 3.63) is 58.6 Å². The molecule has 0 atom stereocenters. The number of anilines is 2. The van der Waals surface area contributed by atoms with E-state index >= 15 is 0 Å². The van der Waals surface area contributed by atoms with Gasteiger partial charge in [0.05, 0.1) is 23.5 Å². The van der Waals surface area contributed by atoms with Crippen LogP contribution in [0.25, 0.3) is 0 Å². The average Bonchev–Trinajstić information content (AvgIpc) is 2.64. The summed E-state index contributed by atoms with van der Waals surface area (Å²) in [5.41, 5.74) is 4.36. The standard InChI is InChI=1S/C20H22ClN3S/c1-14-5-4-6-15(18(14)21)13-22-19-20(9-11-25-12-10-20)24-17-8-3-2-7-16(17)23-19/h2-8,24H,9-13H2,1H3,(H,22,23). The minimum atomic E-state index is -0.0874. The smallest absolute Gasteiger partial charge is 0.127 e. The molecule has 1 saturated heterocycles. The summed E-state index contributed by atoms with van der Waals surface area (Å²) in [5.74, 6) is 3.35. The van der Waals surface area contributed by atoms with Crippen molar-refractivity contribution in [2.75, 3.05) is 22.1 Å². The molecule has 0 aromatic heterocycles. The number of para-hydroxylation sites is 2. The molecule has 4 rings (SSSR count). The van der Waals surface area contributed by atoms with E-state index in [0.29, 0.717) is 6.54 Å². The van der Waals surface area contributed by atoms with Gasteiger partial charge in [0.2, 0.25) is 0 Å². The number of hydrogen-bond acceptors (Lipinski definition) is 3. The molecule has 0 saturated carbocycles. The van der Waals surface area contributed by atoms with Gasteiger partial charge in [-0.15, -0.1) is 0 Å². The molecule has 0 radical (unpaired) electrons. The first-order chi connectivity index (χ1) is 12.2. The van der Waals surface area contributed by atoms with Crippen molar-refractivity contribution < 1.29 is 0 Å².